The van der Waals surface area contributed by atoms with E-state index in [1.165, 1.54) is 0 Å². The first-order valence-corrected chi connectivity index (χ1v) is 14.1. The second kappa shape index (κ2) is 10.3. The van der Waals surface area contributed by atoms with E-state index in [1.54, 1.807) is 23.2 Å². The fourth-order valence-electron chi connectivity index (χ4n) is 4.94. The van der Waals surface area contributed by atoms with Gasteiger partial charge in [-0.3, -0.25) is 9.59 Å². The molecule has 0 saturated heterocycles. The van der Waals surface area contributed by atoms with Gasteiger partial charge in [-0.25, -0.2) is 4.98 Å². The lowest BCUT2D eigenvalue weighted by Gasteiger charge is -2.24. The van der Waals surface area contributed by atoms with Gasteiger partial charge in [-0.05, 0) is 87.7 Å². The molecule has 4 aromatic rings. The van der Waals surface area contributed by atoms with Gasteiger partial charge in [-0.2, -0.15) is 0 Å². The van der Waals surface area contributed by atoms with Crippen LogP contribution in [0.4, 0.5) is 0 Å². The summed E-state index contributed by atoms with van der Waals surface area (Å²) in [5, 5.41) is 1.41. The molecule has 1 aliphatic heterocycles. The molecular formula is C31H31ClN2O4S. The quantitative estimate of drug-likeness (QED) is 0.228. The molecule has 0 atom stereocenters. The third-order valence-corrected chi connectivity index (χ3v) is 7.98. The normalized spacial score (nSPS) is 13.2. The van der Waals surface area contributed by atoms with Crippen LogP contribution in [0.1, 0.15) is 54.7 Å². The molecule has 5 rings (SSSR count). The summed E-state index contributed by atoms with van der Waals surface area (Å²) in [5.41, 5.74) is 6.62. The maximum atomic E-state index is 12.7. The monoisotopic (exact) mass is 562 g/mol. The Balaban J connectivity index is 1.74. The Morgan fingerprint density at radius 2 is 1.87 bits per heavy atom. The predicted octanol–water partition coefficient (Wildman–Crippen LogP) is 7.46. The van der Waals surface area contributed by atoms with Gasteiger partial charge in [0.25, 0.3) is 5.91 Å². The van der Waals surface area contributed by atoms with E-state index in [2.05, 4.69) is 6.07 Å². The molecule has 0 radical (unpaired) electrons. The fourth-order valence-corrected chi connectivity index (χ4v) is 6.23. The van der Waals surface area contributed by atoms with E-state index in [0.29, 0.717) is 23.9 Å². The van der Waals surface area contributed by atoms with E-state index in [4.69, 9.17) is 26.1 Å². The summed E-state index contributed by atoms with van der Waals surface area (Å²) in [6.07, 6.45) is 0.128. The summed E-state index contributed by atoms with van der Waals surface area (Å²) >= 11 is 7.97. The molecule has 6 nitrogen and oxygen atoms in total. The number of aryl methyl sites for hydroxylation is 1. The number of hydrogen-bond acceptors (Lipinski definition) is 6. The van der Waals surface area contributed by atoms with Crippen LogP contribution in [-0.4, -0.2) is 41.0 Å². The number of benzene rings is 3. The average Bonchev–Trinajstić information content (AvgIpc) is 3.39. The molecule has 0 unspecified atom stereocenters. The molecule has 202 valence electrons. The van der Waals surface area contributed by atoms with Crippen molar-refractivity contribution in [1.29, 1.82) is 0 Å². The summed E-state index contributed by atoms with van der Waals surface area (Å²) in [7, 11) is 1.81. The van der Waals surface area contributed by atoms with Gasteiger partial charge in [0, 0.05) is 40.9 Å². The van der Waals surface area contributed by atoms with E-state index in [0.717, 1.165) is 54.2 Å². The Morgan fingerprint density at radius 1 is 1.13 bits per heavy atom. The van der Waals surface area contributed by atoms with E-state index < -0.39 is 5.60 Å². The van der Waals surface area contributed by atoms with Gasteiger partial charge < -0.3 is 14.4 Å². The molecule has 0 bridgehead atoms. The Bertz CT molecular complexity index is 1620. The summed E-state index contributed by atoms with van der Waals surface area (Å²) in [5.74, 6) is 0.392. The highest BCUT2D eigenvalue weighted by Gasteiger charge is 2.27. The van der Waals surface area contributed by atoms with Crippen molar-refractivity contribution in [2.45, 2.75) is 53.2 Å². The van der Waals surface area contributed by atoms with E-state index in [9.17, 15) is 9.59 Å². The van der Waals surface area contributed by atoms with Crippen molar-refractivity contribution in [2.75, 3.05) is 13.7 Å². The van der Waals surface area contributed by atoms with Gasteiger partial charge in [0.2, 0.25) is 0 Å². The molecule has 39 heavy (non-hydrogen) atoms. The zero-order valence-corrected chi connectivity index (χ0v) is 24.5. The molecule has 0 saturated carbocycles. The molecule has 0 N–H and O–H groups in total. The zero-order valence-electron chi connectivity index (χ0n) is 23.0. The highest BCUT2D eigenvalue weighted by atomic mass is 35.5. The smallest absolute Gasteiger partial charge is 0.310 e. The first kappa shape index (κ1) is 27.2. The van der Waals surface area contributed by atoms with E-state index in [1.807, 2.05) is 71.1 Å². The number of aromatic nitrogens is 1. The maximum Gasteiger partial charge on any atom is 0.310 e. The van der Waals surface area contributed by atoms with Crippen molar-refractivity contribution < 1.29 is 19.1 Å². The lowest BCUT2D eigenvalue weighted by Crippen LogP contribution is -2.23. The molecule has 8 heteroatoms. The van der Waals surface area contributed by atoms with Gasteiger partial charge in [0.05, 0.1) is 23.2 Å². The fraction of sp³-hybridized carbons (Fsp3) is 0.323. The van der Waals surface area contributed by atoms with Gasteiger partial charge in [0.15, 0.2) is 0 Å². The predicted molar refractivity (Wildman–Crippen MR) is 157 cm³/mol. The van der Waals surface area contributed by atoms with Crippen molar-refractivity contribution in [3.05, 3.63) is 69.7 Å². The molecular weight excluding hydrogens is 532 g/mol. The number of thiazole rings is 1. The first-order chi connectivity index (χ1) is 18.4. The number of hydrogen-bond donors (Lipinski definition) is 0. The van der Waals surface area contributed by atoms with Crippen LogP contribution in [0.5, 0.6) is 5.75 Å². The van der Waals surface area contributed by atoms with Crippen LogP contribution in [0, 0.1) is 6.92 Å². The zero-order chi connectivity index (χ0) is 28.1. The van der Waals surface area contributed by atoms with E-state index in [-0.39, 0.29) is 18.3 Å². The van der Waals surface area contributed by atoms with Gasteiger partial charge in [-0.15, -0.1) is 11.3 Å². The van der Waals surface area contributed by atoms with Crippen molar-refractivity contribution in [2.24, 2.45) is 0 Å². The van der Waals surface area contributed by atoms with Crippen LogP contribution >= 0.6 is 22.9 Å². The lowest BCUT2D eigenvalue weighted by molar-refractivity contribution is -0.142. The van der Waals surface area contributed by atoms with Crippen molar-refractivity contribution in [1.82, 2.24) is 9.88 Å². The number of amides is 1. The second-order valence-corrected chi connectivity index (χ2v) is 12.2. The summed E-state index contributed by atoms with van der Waals surface area (Å²) in [4.78, 5) is 31.9. The average molecular weight is 563 g/mol. The van der Waals surface area contributed by atoms with Crippen molar-refractivity contribution in [3.63, 3.8) is 0 Å². The van der Waals surface area contributed by atoms with Crippen LogP contribution in [0.15, 0.2) is 42.5 Å². The minimum atomic E-state index is -0.461. The van der Waals surface area contributed by atoms with Gasteiger partial charge in [0.1, 0.15) is 16.4 Å². The summed E-state index contributed by atoms with van der Waals surface area (Å²) in [6.45, 7) is 10.7. The number of esters is 1. The second-order valence-electron chi connectivity index (χ2n) is 10.8. The van der Waals surface area contributed by atoms with Crippen LogP contribution in [0.25, 0.3) is 31.9 Å². The van der Waals surface area contributed by atoms with Crippen LogP contribution in [0.3, 0.4) is 0 Å². The largest absolute Gasteiger partial charge is 0.487 e. The van der Waals surface area contributed by atoms with Crippen LogP contribution < -0.4 is 4.74 Å². The van der Waals surface area contributed by atoms with Crippen molar-refractivity contribution >= 4 is 45.0 Å². The number of nitrogens with zero attached hydrogens (tertiary/aromatic N) is 2. The standard InChI is InChI=1S/C31H31ClN2O4S/c1-7-37-26(35)15-23-17(2)12-24-28(27(23)22-11-9-20(32)14-25(22)38-31(3,4)5)39-29(33-24)18-8-10-21-19(13-18)16-34(6)30(21)36/h8-14H,7,15-16H2,1-6H3. The Labute approximate surface area is 237 Å². The molecule has 0 fully saturated rings. The number of halogens is 1. The minimum absolute atomic E-state index is 0.0384. The first-order valence-electron chi connectivity index (χ1n) is 12.9. The third kappa shape index (κ3) is 5.38. The summed E-state index contributed by atoms with van der Waals surface area (Å²) in [6, 6.07) is 13.5. The molecule has 0 aliphatic carbocycles. The third-order valence-electron chi connectivity index (χ3n) is 6.60. The Kier molecular flexibility index (Phi) is 7.16. The van der Waals surface area contributed by atoms with E-state index >= 15 is 0 Å². The molecule has 2 heterocycles. The number of fused-ring (bicyclic) bond motifs is 2. The minimum Gasteiger partial charge on any atom is -0.487 e. The molecule has 0 spiro atoms. The van der Waals surface area contributed by atoms with Crippen molar-refractivity contribution in [3.8, 4) is 27.4 Å². The van der Waals surface area contributed by atoms with Gasteiger partial charge in [-0.1, -0.05) is 17.7 Å². The maximum absolute atomic E-state index is 12.7. The highest BCUT2D eigenvalue weighted by molar-refractivity contribution is 7.22. The topological polar surface area (TPSA) is 68.7 Å². The Morgan fingerprint density at radius 3 is 2.59 bits per heavy atom. The number of rotatable bonds is 6. The number of ether oxygens (including phenoxy) is 2. The van der Waals surface area contributed by atoms with Crippen LogP contribution in [0.2, 0.25) is 5.02 Å². The Hall–Kier alpha value is -3.42. The highest BCUT2D eigenvalue weighted by Crippen LogP contribution is 2.45. The number of carbonyl (C=O) groups excluding carboxylic acids is 2. The van der Waals surface area contributed by atoms with Gasteiger partial charge >= 0.3 is 5.97 Å². The summed E-state index contributed by atoms with van der Waals surface area (Å²) < 4.78 is 12.7. The van der Waals surface area contributed by atoms with Crippen LogP contribution in [-0.2, 0) is 22.5 Å². The lowest BCUT2D eigenvalue weighted by atomic mass is 9.92. The molecule has 3 aromatic carbocycles. The SMILES string of the molecule is CCOC(=O)Cc1c(C)cc2nc(-c3ccc4c(c3)CN(C)C4=O)sc2c1-c1ccc(Cl)cc1OC(C)(C)C. The molecule has 1 aromatic heterocycles. The molecule has 1 amide bonds. The number of carbonyl (C=O) groups is 2. The molecule has 1 aliphatic rings.